The van der Waals surface area contributed by atoms with Gasteiger partial charge in [-0.1, -0.05) is 0 Å². The Balaban J connectivity index is 0.000000752. The average Bonchev–Trinajstić information content (AvgIpc) is 2.66. The van der Waals surface area contributed by atoms with Gasteiger partial charge in [-0.3, -0.25) is 4.48 Å². The molecule has 31 heavy (non-hydrogen) atoms. The van der Waals surface area contributed by atoms with Crippen LogP contribution < -0.4 is 0 Å². The molecule has 0 aromatic rings. The van der Waals surface area contributed by atoms with E-state index in [1.54, 1.807) is 0 Å². The Morgan fingerprint density at radius 2 is 1.06 bits per heavy atom. The van der Waals surface area contributed by atoms with Crippen LogP contribution in [0.25, 0.3) is 0 Å². The van der Waals surface area contributed by atoms with E-state index in [1.165, 1.54) is 93.3 Å². The van der Waals surface area contributed by atoms with Crippen molar-refractivity contribution >= 4 is 14.5 Å². The van der Waals surface area contributed by atoms with Crippen molar-refractivity contribution in [3.8, 4) is 0 Å². The van der Waals surface area contributed by atoms with Crippen LogP contribution in [-0.2, 0) is 4.74 Å². The maximum atomic E-state index is 9.75. The first kappa shape index (κ1) is 30.4. The predicted octanol–water partition coefficient (Wildman–Crippen LogP) is 5.99. The van der Waals surface area contributed by atoms with Crippen molar-refractivity contribution in [3.05, 3.63) is 0 Å². The third kappa shape index (κ3) is 15.0. The number of hydrogen-bond acceptors (Lipinski definition) is 1. The van der Waals surface area contributed by atoms with Gasteiger partial charge < -0.3 is 43.7 Å². The molecule has 0 radical (unpaired) electrons. The molecule has 0 spiro atoms. The largest absolute Gasteiger partial charge is 0.673 e. The summed E-state index contributed by atoms with van der Waals surface area (Å²) in [5.74, 6) is 0. The van der Waals surface area contributed by atoms with Crippen LogP contribution in [0.5, 0.6) is 0 Å². The fourth-order valence-corrected chi connectivity index (χ4v) is 4.53. The van der Waals surface area contributed by atoms with Gasteiger partial charge in [0.2, 0.25) is 0 Å². The van der Waals surface area contributed by atoms with Crippen molar-refractivity contribution in [1.29, 1.82) is 0 Å². The summed E-state index contributed by atoms with van der Waals surface area (Å²) in [6, 6.07) is 0. The summed E-state index contributed by atoms with van der Waals surface area (Å²) in [5, 5.41) is 0. The summed E-state index contributed by atoms with van der Waals surface area (Å²) in [7, 11) is -12.0. The van der Waals surface area contributed by atoms with E-state index in [0.717, 1.165) is 6.61 Å². The first-order valence-electron chi connectivity index (χ1n) is 11.2. The van der Waals surface area contributed by atoms with Crippen molar-refractivity contribution in [2.75, 3.05) is 52.4 Å². The maximum absolute atomic E-state index is 9.75. The second-order valence-electron chi connectivity index (χ2n) is 8.39. The van der Waals surface area contributed by atoms with Crippen molar-refractivity contribution < 1.29 is 48.2 Å². The Morgan fingerprint density at radius 3 is 1.42 bits per heavy atom. The number of quaternary nitrogens is 2. The molecule has 2 rings (SSSR count). The lowest BCUT2D eigenvalue weighted by atomic mass is 10.1. The fourth-order valence-electron chi connectivity index (χ4n) is 4.53. The second kappa shape index (κ2) is 13.9. The van der Waals surface area contributed by atoms with E-state index < -0.39 is 14.5 Å². The highest BCUT2D eigenvalue weighted by Gasteiger charge is 2.35. The van der Waals surface area contributed by atoms with Gasteiger partial charge in [0.15, 0.2) is 6.23 Å². The molecule has 0 N–H and O–H groups in total. The van der Waals surface area contributed by atoms with Gasteiger partial charge in [-0.25, -0.2) is 0 Å². The van der Waals surface area contributed by atoms with E-state index >= 15 is 0 Å². The SMILES string of the molecule is CC[N+]1(CCOC(C)[N+]2(CC)CCCCC2)CCCCC1.F[B-](F)(F)F.F[B-](F)(F)F. The van der Waals surface area contributed by atoms with Crippen LogP contribution in [0.15, 0.2) is 0 Å². The molecule has 3 nitrogen and oxygen atoms in total. The minimum absolute atomic E-state index is 0.386. The van der Waals surface area contributed by atoms with E-state index in [4.69, 9.17) is 4.74 Å². The average molecular weight is 472 g/mol. The smallest absolute Gasteiger partial charge is 0.418 e. The van der Waals surface area contributed by atoms with Gasteiger partial charge in [-0.2, -0.15) is 0 Å². The second-order valence-corrected chi connectivity index (χ2v) is 8.39. The van der Waals surface area contributed by atoms with E-state index in [1.807, 2.05) is 0 Å². The maximum Gasteiger partial charge on any atom is 0.673 e. The zero-order chi connectivity index (χ0) is 24.2. The van der Waals surface area contributed by atoms with Crippen LogP contribution in [-0.4, -0.2) is 82.1 Å². The van der Waals surface area contributed by atoms with Crippen LogP contribution in [0.4, 0.5) is 34.5 Å². The first-order valence-corrected chi connectivity index (χ1v) is 11.2. The molecule has 0 aromatic carbocycles. The van der Waals surface area contributed by atoms with E-state index in [9.17, 15) is 34.5 Å². The third-order valence-corrected chi connectivity index (χ3v) is 6.47. The van der Waals surface area contributed by atoms with Gasteiger partial charge in [-0.05, 0) is 52.4 Å². The molecule has 2 fully saturated rings. The summed E-state index contributed by atoms with van der Waals surface area (Å²) in [6.45, 7) is 17.1. The van der Waals surface area contributed by atoms with E-state index in [0.29, 0.717) is 6.23 Å². The predicted molar refractivity (Wildman–Crippen MR) is 109 cm³/mol. The molecule has 0 saturated carbocycles. The standard InChI is InChI=1S/C18H38N2O.2BF4/c1-4-19(12-8-6-9-13-19)16-17-21-18(3)20(5-2)14-10-7-11-15-20;2*2-1(3,4)5/h18H,4-17H2,1-3H3;;/q+2;2*-1. The Hall–Kier alpha value is -0.550. The lowest BCUT2D eigenvalue weighted by Gasteiger charge is -2.45. The first-order chi connectivity index (χ1) is 14.2. The number of rotatable bonds is 7. The molecule has 188 valence electrons. The van der Waals surface area contributed by atoms with Gasteiger partial charge in [-0.15, -0.1) is 0 Å². The number of hydrogen-bond donors (Lipinski definition) is 0. The molecule has 1 atom stereocenters. The highest BCUT2D eigenvalue weighted by atomic mass is 19.5. The van der Waals surface area contributed by atoms with E-state index in [2.05, 4.69) is 20.8 Å². The van der Waals surface area contributed by atoms with Crippen LogP contribution >= 0.6 is 0 Å². The Bertz CT molecular complexity index is 444. The number of likely N-dealkylation sites (N-methyl/N-ethyl adjacent to an activating group) is 1. The van der Waals surface area contributed by atoms with Gasteiger partial charge in [0, 0.05) is 6.92 Å². The molecule has 0 bridgehead atoms. The van der Waals surface area contributed by atoms with Gasteiger partial charge in [0.1, 0.15) is 13.2 Å². The quantitative estimate of drug-likeness (QED) is 0.252. The molecular formula is C18H38B2F8N2O. The Labute approximate surface area is 181 Å². The van der Waals surface area contributed by atoms with Crippen LogP contribution in [0.2, 0.25) is 0 Å². The summed E-state index contributed by atoms with van der Waals surface area (Å²) in [6.07, 6.45) is 8.84. The minimum atomic E-state index is -6.00. The van der Waals surface area contributed by atoms with Crippen LogP contribution in [0.3, 0.4) is 0 Å². The number of likely N-dealkylation sites (tertiary alicyclic amines) is 2. The van der Waals surface area contributed by atoms with Crippen molar-refractivity contribution in [3.63, 3.8) is 0 Å². The molecule has 2 heterocycles. The molecule has 0 aromatic heterocycles. The zero-order valence-corrected chi connectivity index (χ0v) is 19.0. The van der Waals surface area contributed by atoms with Crippen molar-refractivity contribution in [2.24, 2.45) is 0 Å². The molecule has 2 aliphatic rings. The molecule has 1 unspecified atom stereocenters. The lowest BCUT2D eigenvalue weighted by molar-refractivity contribution is -0.974. The highest BCUT2D eigenvalue weighted by Crippen LogP contribution is 2.24. The number of piperidine rings is 2. The summed E-state index contributed by atoms with van der Waals surface area (Å²) < 4.78 is 86.9. The third-order valence-electron chi connectivity index (χ3n) is 6.47. The zero-order valence-electron chi connectivity index (χ0n) is 19.0. The lowest BCUT2D eigenvalue weighted by Crippen LogP contribution is -2.59. The molecule has 13 heteroatoms. The number of halogens is 8. The van der Waals surface area contributed by atoms with Gasteiger partial charge >= 0.3 is 14.5 Å². The topological polar surface area (TPSA) is 9.23 Å². The van der Waals surface area contributed by atoms with Gasteiger partial charge in [0.25, 0.3) is 0 Å². The molecular weight excluding hydrogens is 434 g/mol. The normalized spacial score (nSPS) is 21.8. The summed E-state index contributed by atoms with van der Waals surface area (Å²) in [5.41, 5.74) is 0. The Morgan fingerprint density at radius 1 is 0.677 bits per heavy atom. The molecule has 0 aliphatic carbocycles. The van der Waals surface area contributed by atoms with Crippen molar-refractivity contribution in [2.45, 2.75) is 65.5 Å². The fraction of sp³-hybridized carbons (Fsp3) is 1.00. The number of ether oxygens (including phenoxy) is 1. The monoisotopic (exact) mass is 472 g/mol. The molecule has 0 amide bonds. The summed E-state index contributed by atoms with van der Waals surface area (Å²) >= 11 is 0. The van der Waals surface area contributed by atoms with Crippen molar-refractivity contribution in [1.82, 2.24) is 0 Å². The summed E-state index contributed by atoms with van der Waals surface area (Å²) in [4.78, 5) is 0. The Kier molecular flexibility index (Phi) is 13.6. The van der Waals surface area contributed by atoms with Gasteiger partial charge in [0.05, 0.1) is 39.3 Å². The minimum Gasteiger partial charge on any atom is -0.418 e. The van der Waals surface area contributed by atoms with Crippen LogP contribution in [0, 0.1) is 0 Å². The molecule has 2 aliphatic heterocycles. The molecule has 2 saturated heterocycles. The van der Waals surface area contributed by atoms with Crippen LogP contribution in [0.1, 0.15) is 59.3 Å². The highest BCUT2D eigenvalue weighted by molar-refractivity contribution is 6.50. The number of nitrogens with zero attached hydrogens (tertiary/aromatic N) is 2. The van der Waals surface area contributed by atoms with E-state index in [-0.39, 0.29) is 0 Å².